The van der Waals surface area contributed by atoms with Gasteiger partial charge in [0.1, 0.15) is 11.5 Å². The molecular weight excluding hydrogens is 442 g/mol. The second kappa shape index (κ2) is 10.5. The Bertz CT molecular complexity index is 1430. The van der Waals surface area contributed by atoms with Crippen molar-refractivity contribution < 1.29 is 9.53 Å². The topological polar surface area (TPSA) is 123 Å². The lowest BCUT2D eigenvalue weighted by Gasteiger charge is -2.11. The van der Waals surface area contributed by atoms with Crippen molar-refractivity contribution in [1.82, 2.24) is 14.9 Å². The first-order valence-corrected chi connectivity index (χ1v) is 11.0. The molecule has 8 nitrogen and oxygen atoms in total. The van der Waals surface area contributed by atoms with Gasteiger partial charge < -0.3 is 25.8 Å². The Labute approximate surface area is 202 Å². The van der Waals surface area contributed by atoms with Gasteiger partial charge in [-0.15, -0.1) is 0 Å². The number of anilines is 1. The van der Waals surface area contributed by atoms with E-state index in [4.69, 9.17) is 15.9 Å². The number of amides is 1. The van der Waals surface area contributed by atoms with Gasteiger partial charge in [-0.1, -0.05) is 29.8 Å². The normalized spacial score (nSPS) is 10.5. The molecule has 0 aliphatic rings. The van der Waals surface area contributed by atoms with Gasteiger partial charge in [-0.3, -0.25) is 14.6 Å². The van der Waals surface area contributed by atoms with Gasteiger partial charge >= 0.3 is 0 Å². The predicted octanol–water partition coefficient (Wildman–Crippen LogP) is 3.77. The summed E-state index contributed by atoms with van der Waals surface area (Å²) in [6.45, 7) is 2.41. The monoisotopic (exact) mass is 467 g/mol. The maximum Gasteiger partial charge on any atom is 0.253 e. The summed E-state index contributed by atoms with van der Waals surface area (Å²) >= 11 is 0. The largest absolute Gasteiger partial charge is 0.456 e. The number of rotatable bonds is 8. The summed E-state index contributed by atoms with van der Waals surface area (Å²) in [4.78, 5) is 28.6. The van der Waals surface area contributed by atoms with Crippen molar-refractivity contribution in [2.45, 2.75) is 13.5 Å². The van der Waals surface area contributed by atoms with Crippen molar-refractivity contribution in [2.24, 2.45) is 0 Å². The molecule has 0 aliphatic heterocycles. The first-order valence-electron chi connectivity index (χ1n) is 11.0. The summed E-state index contributed by atoms with van der Waals surface area (Å²) in [5.74, 6) is 0.607. The van der Waals surface area contributed by atoms with Gasteiger partial charge in [0.05, 0.1) is 30.6 Å². The van der Waals surface area contributed by atoms with Gasteiger partial charge in [0, 0.05) is 29.7 Å². The smallest absolute Gasteiger partial charge is 0.253 e. The highest BCUT2D eigenvalue weighted by Crippen LogP contribution is 2.22. The lowest BCUT2D eigenvalue weighted by atomic mass is 10.0. The van der Waals surface area contributed by atoms with Crippen molar-refractivity contribution in [3.8, 4) is 11.5 Å². The number of carbonyl (C=O) groups excluding carboxylic acids is 1. The highest BCUT2D eigenvalue weighted by Gasteiger charge is 2.11. The third kappa shape index (κ3) is 6.00. The quantitative estimate of drug-likeness (QED) is 0.269. The van der Waals surface area contributed by atoms with Crippen molar-refractivity contribution in [1.29, 1.82) is 5.41 Å². The third-order valence-electron chi connectivity index (χ3n) is 5.35. The van der Waals surface area contributed by atoms with E-state index in [9.17, 15) is 9.59 Å². The second-order valence-corrected chi connectivity index (χ2v) is 8.07. The number of carbonyl (C=O) groups is 1. The number of benzene rings is 2. The zero-order valence-corrected chi connectivity index (χ0v) is 19.2. The number of aromatic nitrogens is 2. The van der Waals surface area contributed by atoms with Gasteiger partial charge in [-0.2, -0.15) is 0 Å². The van der Waals surface area contributed by atoms with E-state index in [2.05, 4.69) is 10.3 Å². The Balaban J connectivity index is 1.37. The zero-order chi connectivity index (χ0) is 24.8. The highest BCUT2D eigenvalue weighted by atomic mass is 16.5. The van der Waals surface area contributed by atoms with Gasteiger partial charge in [0.15, 0.2) is 0 Å². The van der Waals surface area contributed by atoms with Crippen LogP contribution in [0.25, 0.3) is 0 Å². The summed E-state index contributed by atoms with van der Waals surface area (Å²) in [6, 6.07) is 19.4. The molecule has 1 amide bonds. The Morgan fingerprint density at radius 1 is 1.06 bits per heavy atom. The van der Waals surface area contributed by atoms with E-state index in [1.54, 1.807) is 41.1 Å². The van der Waals surface area contributed by atoms with E-state index in [1.807, 2.05) is 37.3 Å². The highest BCUT2D eigenvalue weighted by molar-refractivity contribution is 6.06. The number of aryl methyl sites for hydroxylation is 1. The maximum absolute atomic E-state index is 12.6. The minimum atomic E-state index is -0.373. The van der Waals surface area contributed by atoms with Crippen molar-refractivity contribution in [2.75, 3.05) is 12.3 Å². The molecule has 0 saturated carbocycles. The first-order chi connectivity index (χ1) is 16.9. The SMILES string of the molecule is Cc1ccc(N)c(C(=N)CNC(=O)c2cncc(Oc3ccc(Cn4ccccc4=O)cc3)c2)c1. The molecule has 4 N–H and O–H groups in total. The van der Waals surface area contributed by atoms with Crippen molar-refractivity contribution in [3.05, 3.63) is 118 Å². The minimum Gasteiger partial charge on any atom is -0.456 e. The molecule has 0 saturated heterocycles. The lowest BCUT2D eigenvalue weighted by Crippen LogP contribution is -2.30. The molecule has 0 unspecified atom stereocenters. The standard InChI is InChI=1S/C27H25N5O3/c1-18-5-10-24(28)23(12-18)25(29)16-31-27(34)20-13-22(15-30-14-20)35-21-8-6-19(7-9-21)17-32-11-3-2-4-26(32)33/h2-15,29H,16-17,28H2,1H3,(H,31,34). The molecular formula is C27H25N5O3. The zero-order valence-electron chi connectivity index (χ0n) is 19.2. The van der Waals surface area contributed by atoms with Crippen LogP contribution in [-0.2, 0) is 6.54 Å². The molecule has 4 aromatic rings. The molecule has 0 spiro atoms. The average molecular weight is 468 g/mol. The van der Waals surface area contributed by atoms with Gasteiger partial charge in [-0.05, 0) is 48.9 Å². The van der Waals surface area contributed by atoms with Crippen molar-refractivity contribution in [3.63, 3.8) is 0 Å². The van der Waals surface area contributed by atoms with Gasteiger partial charge in [0.2, 0.25) is 0 Å². The average Bonchev–Trinajstić information content (AvgIpc) is 2.86. The maximum atomic E-state index is 12.6. The van der Waals surface area contributed by atoms with Crippen LogP contribution in [0.15, 0.2) is 90.1 Å². The Hall–Kier alpha value is -4.72. The number of ether oxygens (including phenoxy) is 1. The van der Waals surface area contributed by atoms with Crippen LogP contribution in [-0.4, -0.2) is 27.7 Å². The van der Waals surface area contributed by atoms with Crippen LogP contribution in [0.2, 0.25) is 0 Å². The van der Waals surface area contributed by atoms with E-state index in [0.29, 0.717) is 34.9 Å². The number of hydrogen-bond donors (Lipinski definition) is 3. The first kappa shape index (κ1) is 23.4. The number of hydrogen-bond acceptors (Lipinski definition) is 6. The molecule has 2 aromatic carbocycles. The van der Waals surface area contributed by atoms with E-state index < -0.39 is 0 Å². The molecule has 0 fully saturated rings. The summed E-state index contributed by atoms with van der Waals surface area (Å²) in [7, 11) is 0. The summed E-state index contributed by atoms with van der Waals surface area (Å²) in [5.41, 5.74) is 9.46. The number of nitrogens with zero attached hydrogens (tertiary/aromatic N) is 2. The molecule has 4 rings (SSSR count). The molecule has 35 heavy (non-hydrogen) atoms. The molecule has 0 bridgehead atoms. The second-order valence-electron chi connectivity index (χ2n) is 8.07. The summed E-state index contributed by atoms with van der Waals surface area (Å²) in [5, 5.41) is 11.0. The van der Waals surface area contributed by atoms with E-state index >= 15 is 0 Å². The molecule has 0 atom stereocenters. The molecule has 0 radical (unpaired) electrons. The molecule has 0 aliphatic carbocycles. The Kier molecular flexibility index (Phi) is 7.02. The predicted molar refractivity (Wildman–Crippen MR) is 135 cm³/mol. The van der Waals surface area contributed by atoms with Crippen LogP contribution in [0.5, 0.6) is 11.5 Å². The summed E-state index contributed by atoms with van der Waals surface area (Å²) < 4.78 is 7.47. The van der Waals surface area contributed by atoms with E-state index in [1.165, 1.54) is 18.5 Å². The number of nitrogens with two attached hydrogens (primary N) is 1. The molecule has 2 aromatic heterocycles. The van der Waals surface area contributed by atoms with Gasteiger partial charge in [-0.25, -0.2) is 0 Å². The van der Waals surface area contributed by atoms with Crippen LogP contribution in [0.4, 0.5) is 5.69 Å². The Morgan fingerprint density at radius 2 is 1.86 bits per heavy atom. The summed E-state index contributed by atoms with van der Waals surface area (Å²) in [6.07, 6.45) is 4.70. The molecule has 2 heterocycles. The Morgan fingerprint density at radius 3 is 2.63 bits per heavy atom. The number of nitrogen functional groups attached to an aromatic ring is 1. The fourth-order valence-electron chi connectivity index (χ4n) is 3.48. The van der Waals surface area contributed by atoms with Gasteiger partial charge in [0.25, 0.3) is 11.5 Å². The molecule has 176 valence electrons. The molecule has 8 heteroatoms. The number of pyridine rings is 2. The van der Waals surface area contributed by atoms with Crippen LogP contribution in [0.3, 0.4) is 0 Å². The fraction of sp³-hybridized carbons (Fsp3) is 0.111. The minimum absolute atomic E-state index is 0.0313. The van der Waals surface area contributed by atoms with Crippen molar-refractivity contribution >= 4 is 17.3 Å². The fourth-order valence-corrected chi connectivity index (χ4v) is 3.48. The van der Waals surface area contributed by atoms with Crippen LogP contribution in [0, 0.1) is 12.3 Å². The lowest BCUT2D eigenvalue weighted by molar-refractivity contribution is 0.0958. The van der Waals surface area contributed by atoms with Crippen LogP contribution in [0.1, 0.15) is 27.0 Å². The van der Waals surface area contributed by atoms with Crippen LogP contribution < -0.4 is 21.3 Å². The van der Waals surface area contributed by atoms with Crippen LogP contribution >= 0.6 is 0 Å². The van der Waals surface area contributed by atoms with E-state index in [0.717, 1.165) is 11.1 Å². The third-order valence-corrected chi connectivity index (χ3v) is 5.35. The number of nitrogens with one attached hydrogen (secondary N) is 2. The van der Waals surface area contributed by atoms with E-state index in [-0.39, 0.29) is 23.7 Å².